The number of aryl methyl sites for hydroxylation is 1. The number of nitrogens with zero attached hydrogens (tertiary/aromatic N) is 1. The van der Waals surface area contributed by atoms with E-state index in [1.165, 1.54) is 9.13 Å². The van der Waals surface area contributed by atoms with Gasteiger partial charge >= 0.3 is 0 Å². The van der Waals surface area contributed by atoms with Crippen molar-refractivity contribution in [3.8, 4) is 11.3 Å². The van der Waals surface area contributed by atoms with Crippen molar-refractivity contribution in [2.45, 2.75) is 19.9 Å². The number of para-hydroxylation sites is 1. The second kappa shape index (κ2) is 8.74. The Hall–Kier alpha value is -3.19. The van der Waals surface area contributed by atoms with Gasteiger partial charge in [0.2, 0.25) is 0 Å². The second-order valence-electron chi connectivity index (χ2n) is 7.82. The van der Waals surface area contributed by atoms with Crippen LogP contribution >= 0.6 is 22.6 Å². The molecule has 1 amide bonds. The SMILES string of the molecule is CCc1ccc(CNC(=O)c2cc(-c3c[nH]c4cc(I)ccc34)nc3ccccc23)cc1. The summed E-state index contributed by atoms with van der Waals surface area (Å²) in [6, 6.07) is 24.4. The average Bonchev–Trinajstić information content (AvgIpc) is 3.25. The molecule has 0 unspecified atom stereocenters. The van der Waals surface area contributed by atoms with Crippen LogP contribution in [0.3, 0.4) is 0 Å². The maximum absolute atomic E-state index is 13.2. The number of carbonyl (C=O) groups excluding carboxylic acids is 1. The lowest BCUT2D eigenvalue weighted by molar-refractivity contribution is 0.0952. The van der Waals surface area contributed by atoms with E-state index in [1.807, 2.05) is 36.5 Å². The molecule has 0 aliphatic carbocycles. The molecule has 5 aromatic rings. The zero-order valence-corrected chi connectivity index (χ0v) is 19.8. The number of fused-ring (bicyclic) bond motifs is 2. The van der Waals surface area contributed by atoms with Crippen LogP contribution in [0.15, 0.2) is 79.0 Å². The summed E-state index contributed by atoms with van der Waals surface area (Å²) in [7, 11) is 0. The van der Waals surface area contributed by atoms with Crippen LogP contribution in [-0.4, -0.2) is 15.9 Å². The van der Waals surface area contributed by atoms with Gasteiger partial charge < -0.3 is 10.3 Å². The number of benzene rings is 3. The van der Waals surface area contributed by atoms with Crippen LogP contribution in [0, 0.1) is 3.57 Å². The summed E-state index contributed by atoms with van der Waals surface area (Å²) in [6.07, 6.45) is 2.97. The summed E-state index contributed by atoms with van der Waals surface area (Å²) in [5.41, 5.74) is 6.65. The molecule has 4 nitrogen and oxygen atoms in total. The van der Waals surface area contributed by atoms with Crippen LogP contribution in [0.4, 0.5) is 0 Å². The molecule has 0 radical (unpaired) electrons. The Labute approximate surface area is 200 Å². The summed E-state index contributed by atoms with van der Waals surface area (Å²) < 4.78 is 1.17. The van der Waals surface area contributed by atoms with E-state index in [-0.39, 0.29) is 5.91 Å². The van der Waals surface area contributed by atoms with Crippen molar-refractivity contribution < 1.29 is 4.79 Å². The standard InChI is InChI=1S/C27H22IN3O/c1-2-17-7-9-18(10-8-17)15-30-27(32)22-14-26(31-24-6-4-3-5-20(22)24)23-16-29-25-13-19(28)11-12-21(23)25/h3-14,16,29H,2,15H2,1H3,(H,30,32). The molecule has 3 aromatic carbocycles. The molecule has 0 spiro atoms. The van der Waals surface area contributed by atoms with Crippen molar-refractivity contribution in [3.05, 3.63) is 99.3 Å². The minimum absolute atomic E-state index is 0.0983. The summed E-state index contributed by atoms with van der Waals surface area (Å²) in [5, 5.41) is 5.03. The molecule has 0 fully saturated rings. The third kappa shape index (κ3) is 4.00. The van der Waals surface area contributed by atoms with Crippen LogP contribution in [0.5, 0.6) is 0 Å². The summed E-state index contributed by atoms with van der Waals surface area (Å²) in [4.78, 5) is 21.4. The number of hydrogen-bond donors (Lipinski definition) is 2. The molecule has 2 aromatic heterocycles. The number of aromatic nitrogens is 2. The number of hydrogen-bond acceptors (Lipinski definition) is 2. The fourth-order valence-electron chi connectivity index (χ4n) is 3.98. The van der Waals surface area contributed by atoms with E-state index in [0.717, 1.165) is 45.0 Å². The average molecular weight is 531 g/mol. The highest BCUT2D eigenvalue weighted by molar-refractivity contribution is 14.1. The minimum atomic E-state index is -0.0983. The Morgan fingerprint density at radius 1 is 0.969 bits per heavy atom. The van der Waals surface area contributed by atoms with Crippen LogP contribution in [0.2, 0.25) is 0 Å². The molecule has 0 bridgehead atoms. The number of nitrogens with one attached hydrogen (secondary N) is 2. The van der Waals surface area contributed by atoms with Gasteiger partial charge in [-0.25, -0.2) is 4.98 Å². The number of pyridine rings is 1. The van der Waals surface area contributed by atoms with Crippen molar-refractivity contribution in [1.82, 2.24) is 15.3 Å². The topological polar surface area (TPSA) is 57.8 Å². The molecular weight excluding hydrogens is 509 g/mol. The predicted molar refractivity (Wildman–Crippen MR) is 139 cm³/mol. The zero-order valence-electron chi connectivity index (χ0n) is 17.7. The van der Waals surface area contributed by atoms with Crippen molar-refractivity contribution in [1.29, 1.82) is 0 Å². The molecule has 5 rings (SSSR count). The van der Waals surface area contributed by atoms with Gasteiger partial charge in [0, 0.05) is 38.2 Å². The Balaban J connectivity index is 1.52. The molecule has 0 saturated heterocycles. The summed E-state index contributed by atoms with van der Waals surface area (Å²) >= 11 is 2.31. The van der Waals surface area contributed by atoms with Crippen molar-refractivity contribution in [2.75, 3.05) is 0 Å². The molecule has 2 heterocycles. The number of carbonyl (C=O) groups is 1. The fraction of sp³-hybridized carbons (Fsp3) is 0.111. The molecule has 5 heteroatoms. The maximum Gasteiger partial charge on any atom is 0.252 e. The third-order valence-electron chi connectivity index (χ3n) is 5.76. The fourth-order valence-corrected chi connectivity index (χ4v) is 4.47. The molecule has 0 aliphatic heterocycles. The smallest absolute Gasteiger partial charge is 0.252 e. The third-order valence-corrected chi connectivity index (χ3v) is 6.44. The van der Waals surface area contributed by atoms with Crippen molar-refractivity contribution >= 4 is 50.3 Å². The number of aromatic amines is 1. The highest BCUT2D eigenvalue weighted by Gasteiger charge is 2.16. The van der Waals surface area contributed by atoms with E-state index in [0.29, 0.717) is 12.1 Å². The Morgan fingerprint density at radius 3 is 2.56 bits per heavy atom. The van der Waals surface area contributed by atoms with Crippen LogP contribution in [0.25, 0.3) is 33.1 Å². The van der Waals surface area contributed by atoms with Gasteiger partial charge in [0.1, 0.15) is 0 Å². The number of rotatable bonds is 5. The second-order valence-corrected chi connectivity index (χ2v) is 9.06. The Bertz CT molecular complexity index is 1440. The number of amides is 1. The first-order valence-electron chi connectivity index (χ1n) is 10.6. The largest absolute Gasteiger partial charge is 0.360 e. The van der Waals surface area contributed by atoms with Gasteiger partial charge in [-0.2, -0.15) is 0 Å². The van der Waals surface area contributed by atoms with Crippen LogP contribution in [0.1, 0.15) is 28.4 Å². The van der Waals surface area contributed by atoms with E-state index in [2.05, 4.69) is 82.3 Å². The highest BCUT2D eigenvalue weighted by atomic mass is 127. The first-order chi connectivity index (χ1) is 15.6. The first-order valence-corrected chi connectivity index (χ1v) is 11.7. The quantitative estimate of drug-likeness (QED) is 0.255. The van der Waals surface area contributed by atoms with Gasteiger partial charge in [0.05, 0.1) is 16.8 Å². The van der Waals surface area contributed by atoms with Gasteiger partial charge in [-0.05, 0) is 64.4 Å². The van der Waals surface area contributed by atoms with Crippen molar-refractivity contribution in [3.63, 3.8) is 0 Å². The van der Waals surface area contributed by atoms with Crippen LogP contribution < -0.4 is 5.32 Å². The summed E-state index contributed by atoms with van der Waals surface area (Å²) in [6.45, 7) is 2.62. The molecule has 0 aliphatic rings. The molecule has 0 saturated carbocycles. The zero-order chi connectivity index (χ0) is 22.1. The lowest BCUT2D eigenvalue weighted by Gasteiger charge is -2.11. The number of H-pyrrole nitrogens is 1. The minimum Gasteiger partial charge on any atom is -0.360 e. The Kier molecular flexibility index (Phi) is 5.66. The Morgan fingerprint density at radius 2 is 1.75 bits per heavy atom. The number of halogens is 1. The summed E-state index contributed by atoms with van der Waals surface area (Å²) in [5.74, 6) is -0.0983. The molecule has 158 valence electrons. The maximum atomic E-state index is 13.2. The van der Waals surface area contributed by atoms with Gasteiger partial charge in [-0.3, -0.25) is 4.79 Å². The lowest BCUT2D eigenvalue weighted by atomic mass is 10.0. The molecule has 0 atom stereocenters. The van der Waals surface area contributed by atoms with E-state index in [9.17, 15) is 4.79 Å². The first kappa shape index (κ1) is 20.7. The van der Waals surface area contributed by atoms with E-state index < -0.39 is 0 Å². The highest BCUT2D eigenvalue weighted by Crippen LogP contribution is 2.31. The normalized spacial score (nSPS) is 11.2. The van der Waals surface area contributed by atoms with E-state index >= 15 is 0 Å². The lowest BCUT2D eigenvalue weighted by Crippen LogP contribution is -2.23. The van der Waals surface area contributed by atoms with E-state index in [4.69, 9.17) is 4.98 Å². The molecular formula is C27H22IN3O. The van der Waals surface area contributed by atoms with E-state index in [1.54, 1.807) is 0 Å². The van der Waals surface area contributed by atoms with Crippen molar-refractivity contribution in [2.24, 2.45) is 0 Å². The predicted octanol–water partition coefficient (Wildman–Crippen LogP) is 6.48. The van der Waals surface area contributed by atoms with Gasteiger partial charge in [-0.1, -0.05) is 55.5 Å². The molecule has 32 heavy (non-hydrogen) atoms. The van der Waals surface area contributed by atoms with Crippen LogP contribution in [-0.2, 0) is 13.0 Å². The van der Waals surface area contributed by atoms with Gasteiger partial charge in [0.25, 0.3) is 5.91 Å². The van der Waals surface area contributed by atoms with Gasteiger partial charge in [0.15, 0.2) is 0 Å². The molecule has 2 N–H and O–H groups in total. The van der Waals surface area contributed by atoms with Gasteiger partial charge in [-0.15, -0.1) is 0 Å². The monoisotopic (exact) mass is 531 g/mol.